The van der Waals surface area contributed by atoms with E-state index in [-0.39, 0.29) is 11.9 Å². The van der Waals surface area contributed by atoms with Crippen molar-refractivity contribution in [1.82, 2.24) is 0 Å². The summed E-state index contributed by atoms with van der Waals surface area (Å²) in [7, 11) is 0. The summed E-state index contributed by atoms with van der Waals surface area (Å²) in [5.74, 6) is 1.12. The lowest BCUT2D eigenvalue weighted by molar-refractivity contribution is 0.242. The minimum absolute atomic E-state index is 0.159. The van der Waals surface area contributed by atoms with Crippen LogP contribution in [0.2, 0.25) is 0 Å². The van der Waals surface area contributed by atoms with Gasteiger partial charge in [-0.05, 0) is 72.2 Å². The van der Waals surface area contributed by atoms with Crippen LogP contribution in [0.5, 0.6) is 11.5 Å². The molecule has 122 valence electrons. The largest absolute Gasteiger partial charge is 0.508 e. The molecule has 1 N–H and O–H groups in total. The molecule has 0 saturated heterocycles. The molecule has 0 amide bonds. The molecule has 0 aromatic heterocycles. The van der Waals surface area contributed by atoms with Crippen molar-refractivity contribution in [3.8, 4) is 11.5 Å². The van der Waals surface area contributed by atoms with Gasteiger partial charge in [-0.3, -0.25) is 0 Å². The highest BCUT2D eigenvalue weighted by molar-refractivity contribution is 6.51. The van der Waals surface area contributed by atoms with E-state index >= 15 is 0 Å². The van der Waals surface area contributed by atoms with E-state index in [0.29, 0.717) is 5.03 Å². The summed E-state index contributed by atoms with van der Waals surface area (Å²) in [5, 5.41) is 12.2. The number of phenols is 1. The summed E-state index contributed by atoms with van der Waals surface area (Å²) >= 11 is 6.48. The normalized spacial score (nSPS) is 11.9. The van der Waals surface area contributed by atoms with Crippen LogP contribution in [0.1, 0.15) is 25.0 Å². The number of ether oxygens (including phenoxy) is 1. The number of rotatable bonds is 4. The predicted molar refractivity (Wildman–Crippen MR) is 102 cm³/mol. The molecule has 0 fully saturated rings. The highest BCUT2D eigenvalue weighted by Crippen LogP contribution is 2.28. The second kappa shape index (κ2) is 6.98. The number of phenolic OH excluding ortho intramolecular Hbond substituents is 1. The summed E-state index contributed by atoms with van der Waals surface area (Å²) in [6, 6.07) is 19.1. The fourth-order valence-corrected chi connectivity index (χ4v) is 2.77. The Morgan fingerprint density at radius 1 is 0.958 bits per heavy atom. The van der Waals surface area contributed by atoms with E-state index in [2.05, 4.69) is 0 Å². The molecule has 0 aliphatic rings. The van der Waals surface area contributed by atoms with Crippen molar-refractivity contribution in [1.29, 1.82) is 0 Å². The van der Waals surface area contributed by atoms with E-state index < -0.39 is 0 Å². The second-order valence-corrected chi connectivity index (χ2v) is 6.38. The van der Waals surface area contributed by atoms with E-state index in [1.807, 2.05) is 68.5 Å². The Balaban J connectivity index is 1.86. The van der Waals surface area contributed by atoms with Gasteiger partial charge in [0.15, 0.2) is 0 Å². The molecule has 0 aliphatic carbocycles. The van der Waals surface area contributed by atoms with Gasteiger partial charge in [0.2, 0.25) is 0 Å². The monoisotopic (exact) mass is 338 g/mol. The summed E-state index contributed by atoms with van der Waals surface area (Å²) in [4.78, 5) is 0. The first-order chi connectivity index (χ1) is 11.5. The van der Waals surface area contributed by atoms with E-state index in [9.17, 15) is 5.11 Å². The van der Waals surface area contributed by atoms with E-state index in [1.165, 1.54) is 0 Å². The molecular formula is C21H19ClO2. The number of hydrogen-bond acceptors (Lipinski definition) is 2. The Hall–Kier alpha value is -2.45. The van der Waals surface area contributed by atoms with Gasteiger partial charge in [0, 0.05) is 5.03 Å². The van der Waals surface area contributed by atoms with E-state index in [4.69, 9.17) is 16.3 Å². The maximum Gasteiger partial charge on any atom is 0.119 e. The molecule has 0 saturated carbocycles. The van der Waals surface area contributed by atoms with Crippen molar-refractivity contribution in [3.05, 3.63) is 71.8 Å². The Bertz CT molecular complexity index is 880. The zero-order valence-electron chi connectivity index (χ0n) is 13.7. The van der Waals surface area contributed by atoms with Crippen LogP contribution >= 0.6 is 11.6 Å². The smallest absolute Gasteiger partial charge is 0.119 e. The zero-order chi connectivity index (χ0) is 17.1. The minimum Gasteiger partial charge on any atom is -0.508 e. The molecule has 3 aromatic carbocycles. The first-order valence-electron chi connectivity index (χ1n) is 7.88. The molecule has 0 aliphatic heterocycles. The highest BCUT2D eigenvalue weighted by Gasteiger charge is 2.03. The molecule has 2 nitrogen and oxygen atoms in total. The third kappa shape index (κ3) is 3.90. The number of halogens is 1. The van der Waals surface area contributed by atoms with Gasteiger partial charge in [-0.2, -0.15) is 0 Å². The SMILES string of the molecule is CC(C)Oc1ccc(/C=C(\Cl)c2ccc3cc(O)ccc3c2)cc1. The van der Waals surface area contributed by atoms with Gasteiger partial charge in [-0.25, -0.2) is 0 Å². The summed E-state index contributed by atoms with van der Waals surface area (Å²) in [6.45, 7) is 4.01. The van der Waals surface area contributed by atoms with Crippen molar-refractivity contribution in [2.45, 2.75) is 20.0 Å². The van der Waals surface area contributed by atoms with Gasteiger partial charge in [0.1, 0.15) is 11.5 Å². The Morgan fingerprint density at radius 3 is 2.33 bits per heavy atom. The molecule has 24 heavy (non-hydrogen) atoms. The molecule has 3 rings (SSSR count). The standard InChI is InChI=1S/C21H19ClO2/c1-14(2)24-20-9-3-15(4-10-20)11-21(22)18-6-5-17-13-19(23)8-7-16(17)12-18/h3-14,23H,1-2H3/b21-11-. The lowest BCUT2D eigenvalue weighted by Crippen LogP contribution is -2.05. The van der Waals surface area contributed by atoms with Crippen LogP contribution in [0.15, 0.2) is 60.7 Å². The van der Waals surface area contributed by atoms with Gasteiger partial charge >= 0.3 is 0 Å². The first kappa shape index (κ1) is 16.4. The summed E-state index contributed by atoms with van der Waals surface area (Å²) in [5.41, 5.74) is 1.96. The molecule has 0 spiro atoms. The summed E-state index contributed by atoms with van der Waals surface area (Å²) in [6.07, 6.45) is 2.09. The molecule has 0 atom stereocenters. The topological polar surface area (TPSA) is 29.5 Å². The maximum atomic E-state index is 9.53. The van der Waals surface area contributed by atoms with Crippen molar-refractivity contribution >= 4 is 33.5 Å². The molecular weight excluding hydrogens is 320 g/mol. The number of benzene rings is 3. The average Bonchev–Trinajstić information content (AvgIpc) is 2.55. The van der Waals surface area contributed by atoms with Gasteiger partial charge in [0.25, 0.3) is 0 Å². The van der Waals surface area contributed by atoms with Crippen LogP contribution in [0, 0.1) is 0 Å². The quantitative estimate of drug-likeness (QED) is 0.585. The van der Waals surface area contributed by atoms with Crippen LogP contribution in [0.25, 0.3) is 21.9 Å². The van der Waals surface area contributed by atoms with E-state index in [0.717, 1.165) is 27.6 Å². The van der Waals surface area contributed by atoms with Crippen molar-refractivity contribution < 1.29 is 9.84 Å². The van der Waals surface area contributed by atoms with Crippen LogP contribution in [0.3, 0.4) is 0 Å². The molecule has 0 unspecified atom stereocenters. The fraction of sp³-hybridized carbons (Fsp3) is 0.143. The number of fused-ring (bicyclic) bond motifs is 1. The minimum atomic E-state index is 0.159. The van der Waals surface area contributed by atoms with Gasteiger partial charge in [-0.1, -0.05) is 41.9 Å². The average molecular weight is 339 g/mol. The highest BCUT2D eigenvalue weighted by atomic mass is 35.5. The Kier molecular flexibility index (Phi) is 4.77. The van der Waals surface area contributed by atoms with Crippen LogP contribution in [-0.2, 0) is 0 Å². The number of hydrogen-bond donors (Lipinski definition) is 1. The lowest BCUT2D eigenvalue weighted by atomic mass is 10.1. The van der Waals surface area contributed by atoms with Crippen molar-refractivity contribution in [2.75, 3.05) is 0 Å². The Labute approximate surface area is 147 Å². The number of aromatic hydroxyl groups is 1. The molecule has 3 aromatic rings. The van der Waals surface area contributed by atoms with Crippen LogP contribution in [0.4, 0.5) is 0 Å². The predicted octanol–water partition coefficient (Wildman–Crippen LogP) is 6.07. The van der Waals surface area contributed by atoms with Crippen molar-refractivity contribution in [2.24, 2.45) is 0 Å². The molecule has 0 heterocycles. The van der Waals surface area contributed by atoms with Gasteiger partial charge in [-0.15, -0.1) is 0 Å². The van der Waals surface area contributed by atoms with Crippen LogP contribution in [-0.4, -0.2) is 11.2 Å². The van der Waals surface area contributed by atoms with Crippen LogP contribution < -0.4 is 4.74 Å². The van der Waals surface area contributed by atoms with Gasteiger partial charge < -0.3 is 9.84 Å². The maximum absolute atomic E-state index is 9.53. The first-order valence-corrected chi connectivity index (χ1v) is 8.26. The third-order valence-corrected chi connectivity index (χ3v) is 3.97. The third-order valence-electron chi connectivity index (χ3n) is 3.64. The molecule has 0 bridgehead atoms. The molecule has 3 heteroatoms. The summed E-state index contributed by atoms with van der Waals surface area (Å²) < 4.78 is 5.64. The zero-order valence-corrected chi connectivity index (χ0v) is 14.4. The van der Waals surface area contributed by atoms with Crippen molar-refractivity contribution in [3.63, 3.8) is 0 Å². The van der Waals surface area contributed by atoms with Gasteiger partial charge in [0.05, 0.1) is 6.10 Å². The Morgan fingerprint density at radius 2 is 1.62 bits per heavy atom. The second-order valence-electron chi connectivity index (χ2n) is 5.97. The lowest BCUT2D eigenvalue weighted by Gasteiger charge is -2.09. The van der Waals surface area contributed by atoms with E-state index in [1.54, 1.807) is 12.1 Å². The fourth-order valence-electron chi connectivity index (χ4n) is 2.53. The molecule has 0 radical (unpaired) electrons.